The van der Waals surface area contributed by atoms with Crippen LogP contribution in [-0.2, 0) is 52.6 Å². The first-order valence-electron chi connectivity index (χ1n) is 12.5. The Morgan fingerprint density at radius 1 is 0.767 bits per heavy atom. The van der Waals surface area contributed by atoms with Gasteiger partial charge < -0.3 is 24.4 Å². The first-order chi connectivity index (χ1) is 19.6. The second-order valence-electron chi connectivity index (χ2n) is 10.6. The van der Waals surface area contributed by atoms with Gasteiger partial charge in [0, 0.05) is 0 Å². The molecule has 2 saturated heterocycles. The molecular formula is C26H26Cl4O13. The minimum atomic E-state index is -1.95. The molecule has 2 rings (SSSR count). The van der Waals surface area contributed by atoms with Crippen LogP contribution in [0.5, 0.6) is 0 Å². The second-order valence-corrected chi connectivity index (χ2v) is 13.1. The van der Waals surface area contributed by atoms with Gasteiger partial charge in [-0.1, -0.05) is 37.0 Å². The fraction of sp³-hybridized carbons (Fsp3) is 0.538. The van der Waals surface area contributed by atoms with Crippen molar-refractivity contribution in [2.24, 2.45) is 23.7 Å². The number of hydrogen-bond acceptors (Lipinski definition) is 11. The van der Waals surface area contributed by atoms with E-state index in [2.05, 4.69) is 14.2 Å². The van der Waals surface area contributed by atoms with Gasteiger partial charge in [0.05, 0.1) is 45.6 Å². The van der Waals surface area contributed by atoms with Gasteiger partial charge in [-0.3, -0.25) is 19.2 Å². The van der Waals surface area contributed by atoms with Crippen LogP contribution < -0.4 is 0 Å². The van der Waals surface area contributed by atoms with Crippen LogP contribution in [0.3, 0.4) is 0 Å². The number of carbonyl (C=O) groups excluding carboxylic acids is 6. The molecule has 0 amide bonds. The number of ether oxygens (including phenoxy) is 3. The molecule has 0 radical (unpaired) electrons. The minimum Gasteiger partial charge on any atom is -0.478 e. The smallest absolute Gasteiger partial charge is 0.358 e. The van der Waals surface area contributed by atoms with E-state index in [1.165, 1.54) is 13.8 Å². The summed E-state index contributed by atoms with van der Waals surface area (Å²) in [5, 5.41) is 17.2. The summed E-state index contributed by atoms with van der Waals surface area (Å²) >= 11 is 24.8. The predicted molar refractivity (Wildman–Crippen MR) is 147 cm³/mol. The van der Waals surface area contributed by atoms with Crippen molar-refractivity contribution in [3.8, 4) is 0 Å². The molecule has 0 aromatic rings. The van der Waals surface area contributed by atoms with E-state index in [9.17, 15) is 48.6 Å². The van der Waals surface area contributed by atoms with Crippen LogP contribution in [0.1, 0.15) is 53.4 Å². The second kappa shape index (κ2) is 13.7. The first kappa shape index (κ1) is 36.2. The van der Waals surface area contributed by atoms with Crippen molar-refractivity contribution in [3.63, 3.8) is 0 Å². The summed E-state index contributed by atoms with van der Waals surface area (Å²) in [6.07, 6.45) is -1.12. The third kappa shape index (κ3) is 8.55. The van der Waals surface area contributed by atoms with Gasteiger partial charge in [0.2, 0.25) is 0 Å². The maximum absolute atomic E-state index is 12.7. The summed E-state index contributed by atoms with van der Waals surface area (Å²) < 4.78 is 13.6. The van der Waals surface area contributed by atoms with Gasteiger partial charge in [-0.05, 0) is 38.5 Å². The molecule has 2 heterocycles. The van der Waals surface area contributed by atoms with Crippen molar-refractivity contribution in [2.45, 2.75) is 63.1 Å². The third-order valence-corrected chi connectivity index (χ3v) is 8.42. The maximum Gasteiger partial charge on any atom is 0.358 e. The van der Waals surface area contributed by atoms with Crippen LogP contribution in [0.4, 0.5) is 0 Å². The average Bonchev–Trinajstić information content (AvgIpc) is 3.36. The molecule has 0 spiro atoms. The van der Waals surface area contributed by atoms with E-state index in [0.29, 0.717) is 0 Å². The molecule has 236 valence electrons. The number of carbonyl (C=O) groups is 8. The Kier molecular flexibility index (Phi) is 11.6. The van der Waals surface area contributed by atoms with Gasteiger partial charge in [-0.2, -0.15) is 0 Å². The largest absolute Gasteiger partial charge is 0.478 e. The van der Waals surface area contributed by atoms with Crippen molar-refractivity contribution in [1.82, 2.24) is 0 Å². The highest BCUT2D eigenvalue weighted by molar-refractivity contribution is 6.48. The number of rotatable bonds is 12. The summed E-state index contributed by atoms with van der Waals surface area (Å²) in [7, 11) is 0. The molecule has 43 heavy (non-hydrogen) atoms. The summed E-state index contributed by atoms with van der Waals surface area (Å²) in [6.45, 7) is 5.32. The number of alkyl halides is 2. The number of carboxylic acids is 2. The average molecular weight is 688 g/mol. The van der Waals surface area contributed by atoms with Crippen LogP contribution in [0.2, 0.25) is 0 Å². The van der Waals surface area contributed by atoms with E-state index in [1.54, 1.807) is 0 Å². The van der Waals surface area contributed by atoms with Crippen molar-refractivity contribution >= 4 is 94.2 Å². The molecule has 6 unspecified atom stereocenters. The maximum atomic E-state index is 12.7. The summed E-state index contributed by atoms with van der Waals surface area (Å²) in [5.74, 6) is -13.6. The van der Waals surface area contributed by atoms with E-state index in [0.717, 1.165) is 13.8 Å². The number of carboxylic acid groups (broad SMARTS) is 2. The molecule has 0 bridgehead atoms. The van der Waals surface area contributed by atoms with Crippen LogP contribution in [0, 0.1) is 23.7 Å². The van der Waals surface area contributed by atoms with Crippen LogP contribution in [0.25, 0.3) is 0 Å². The fourth-order valence-electron chi connectivity index (χ4n) is 5.02. The zero-order valence-electron chi connectivity index (χ0n) is 23.0. The van der Waals surface area contributed by atoms with E-state index in [4.69, 9.17) is 46.4 Å². The Balaban J connectivity index is 2.32. The van der Waals surface area contributed by atoms with Crippen molar-refractivity contribution < 1.29 is 62.8 Å². The molecule has 17 heteroatoms. The number of cyclic esters (lactones) is 4. The summed E-state index contributed by atoms with van der Waals surface area (Å²) in [4.78, 5) is 92.4. The number of hydrogen-bond donors (Lipinski definition) is 2. The van der Waals surface area contributed by atoms with Crippen molar-refractivity contribution in [1.29, 1.82) is 0 Å². The Hall–Kier alpha value is -3.00. The molecule has 2 N–H and O–H groups in total. The molecule has 0 saturated carbocycles. The van der Waals surface area contributed by atoms with Crippen molar-refractivity contribution in [3.05, 3.63) is 21.2 Å². The lowest BCUT2D eigenvalue weighted by Gasteiger charge is -2.28. The Labute approximate surface area is 264 Å². The summed E-state index contributed by atoms with van der Waals surface area (Å²) in [5.41, 5.74) is -1.85. The first-order valence-corrected chi connectivity index (χ1v) is 14.0. The van der Waals surface area contributed by atoms with Gasteiger partial charge in [0.25, 0.3) is 0 Å². The van der Waals surface area contributed by atoms with E-state index >= 15 is 0 Å². The van der Waals surface area contributed by atoms with E-state index in [-0.39, 0.29) is 25.7 Å². The molecule has 0 aromatic carbocycles. The third-order valence-electron chi connectivity index (χ3n) is 7.04. The molecule has 2 fully saturated rings. The molecule has 2 aliphatic rings. The SMILES string of the molecule is CC(CC(C)(Cl)/C(C(=O)O)=C(\Cl)C(=O)OC(=O)/C(Cl)=C(\C(=O)O)C(C)(Cl)CC(C)C1CC(=O)OC1=O)C1CC(=O)OC1=O. The molecule has 0 aromatic heterocycles. The lowest BCUT2D eigenvalue weighted by atomic mass is 9.82. The molecule has 0 aliphatic carbocycles. The Morgan fingerprint density at radius 2 is 1.07 bits per heavy atom. The van der Waals surface area contributed by atoms with Gasteiger partial charge in [-0.25, -0.2) is 19.2 Å². The fourth-order valence-corrected chi connectivity index (χ4v) is 6.61. The highest BCUT2D eigenvalue weighted by Crippen LogP contribution is 2.41. The Bertz CT molecular complexity index is 1240. The summed E-state index contributed by atoms with van der Waals surface area (Å²) in [6, 6.07) is 0. The molecule has 6 atom stereocenters. The normalized spacial score (nSPS) is 24.0. The zero-order chi connectivity index (χ0) is 33.2. The predicted octanol–water partition coefficient (Wildman–Crippen LogP) is 3.44. The van der Waals surface area contributed by atoms with Crippen LogP contribution >= 0.6 is 46.4 Å². The number of aliphatic carboxylic acids is 2. The Morgan fingerprint density at radius 3 is 1.30 bits per heavy atom. The number of halogens is 4. The highest BCUT2D eigenvalue weighted by atomic mass is 35.5. The molecular weight excluding hydrogens is 662 g/mol. The van der Waals surface area contributed by atoms with E-state index < -0.39 is 102 Å². The van der Waals surface area contributed by atoms with Crippen LogP contribution in [-0.4, -0.2) is 67.7 Å². The highest BCUT2D eigenvalue weighted by Gasteiger charge is 2.45. The lowest BCUT2D eigenvalue weighted by Crippen LogP contribution is -2.34. The van der Waals surface area contributed by atoms with Gasteiger partial charge >= 0.3 is 47.8 Å². The van der Waals surface area contributed by atoms with Crippen LogP contribution in [0.15, 0.2) is 21.2 Å². The van der Waals surface area contributed by atoms with Gasteiger partial charge in [-0.15, -0.1) is 23.2 Å². The number of esters is 6. The van der Waals surface area contributed by atoms with Gasteiger partial charge in [0.1, 0.15) is 10.1 Å². The zero-order valence-corrected chi connectivity index (χ0v) is 26.1. The monoisotopic (exact) mass is 686 g/mol. The van der Waals surface area contributed by atoms with E-state index in [1.807, 2.05) is 0 Å². The molecule has 2 aliphatic heterocycles. The standard InChI is InChI=1S/C26H26Cl4O13/c1-9(11-5-13(31)41-21(11)37)7-25(3,29)15(19(33)34)17(27)23(39)43-24(40)18(28)16(20(35)36)26(4,30)8-10(2)12-6-14(32)42-22(12)38/h9-12H,5-8H2,1-4H3,(H,33,34)(H,35,36)/b17-15-,18-16-. The van der Waals surface area contributed by atoms with Crippen molar-refractivity contribution in [2.75, 3.05) is 0 Å². The lowest BCUT2D eigenvalue weighted by molar-refractivity contribution is -0.155. The quantitative estimate of drug-likeness (QED) is 0.0993. The topological polar surface area (TPSA) is 205 Å². The molecule has 13 nitrogen and oxygen atoms in total. The minimum absolute atomic E-state index is 0.263. The van der Waals surface area contributed by atoms with Gasteiger partial charge in [0.15, 0.2) is 0 Å².